The van der Waals surface area contributed by atoms with E-state index in [1.165, 1.54) is 38.7 Å². The molecule has 1 heterocycles. The van der Waals surface area contributed by atoms with Crippen molar-refractivity contribution in [3.05, 3.63) is 23.8 Å². The van der Waals surface area contributed by atoms with Crippen LogP contribution in [0.4, 0.5) is 0 Å². The standard InChI is InChI=1S/C17H25NO4/c1-12(19)21-11-16-17(22-13(2)20)9-8-15(18-16)10-14-6-4-3-5-7-14/h6,8-9,15-18H,3-5,7,10-11H2,1-2H3/t15-,16+,17-/m0/s1. The van der Waals surface area contributed by atoms with Gasteiger partial charge in [0.05, 0.1) is 6.04 Å². The van der Waals surface area contributed by atoms with Crippen LogP contribution < -0.4 is 5.32 Å². The molecule has 2 rings (SSSR count). The molecule has 0 aromatic heterocycles. The van der Waals surface area contributed by atoms with E-state index in [2.05, 4.69) is 11.4 Å². The molecule has 1 aliphatic heterocycles. The van der Waals surface area contributed by atoms with Crippen LogP contribution in [0, 0.1) is 0 Å². The lowest BCUT2D eigenvalue weighted by Crippen LogP contribution is -2.51. The molecule has 0 bridgehead atoms. The van der Waals surface area contributed by atoms with Crippen LogP contribution in [0.1, 0.15) is 46.0 Å². The van der Waals surface area contributed by atoms with Gasteiger partial charge >= 0.3 is 11.9 Å². The van der Waals surface area contributed by atoms with Crippen LogP contribution in [-0.4, -0.2) is 36.7 Å². The topological polar surface area (TPSA) is 64.6 Å². The molecule has 0 spiro atoms. The molecule has 0 saturated heterocycles. The average molecular weight is 307 g/mol. The second-order valence-corrected chi connectivity index (χ2v) is 5.95. The highest BCUT2D eigenvalue weighted by Gasteiger charge is 2.29. The number of carbonyl (C=O) groups excluding carboxylic acids is 2. The van der Waals surface area contributed by atoms with Crippen molar-refractivity contribution < 1.29 is 19.1 Å². The van der Waals surface area contributed by atoms with Crippen LogP contribution in [0.5, 0.6) is 0 Å². The van der Waals surface area contributed by atoms with Gasteiger partial charge in [-0.15, -0.1) is 0 Å². The number of ether oxygens (including phenoxy) is 2. The molecular weight excluding hydrogens is 282 g/mol. The molecule has 22 heavy (non-hydrogen) atoms. The predicted octanol–water partition coefficient (Wildman–Crippen LogP) is 2.27. The molecule has 0 amide bonds. The molecule has 0 radical (unpaired) electrons. The third-order valence-electron chi connectivity index (χ3n) is 3.99. The largest absolute Gasteiger partial charge is 0.464 e. The summed E-state index contributed by atoms with van der Waals surface area (Å²) in [6, 6.07) is -0.0105. The second kappa shape index (κ2) is 8.13. The zero-order valence-corrected chi connectivity index (χ0v) is 13.3. The van der Waals surface area contributed by atoms with E-state index in [-0.39, 0.29) is 30.6 Å². The molecule has 5 nitrogen and oxygen atoms in total. The van der Waals surface area contributed by atoms with Crippen molar-refractivity contribution in [1.82, 2.24) is 5.32 Å². The highest BCUT2D eigenvalue weighted by Crippen LogP contribution is 2.23. The van der Waals surface area contributed by atoms with Crippen molar-refractivity contribution >= 4 is 11.9 Å². The summed E-state index contributed by atoms with van der Waals surface area (Å²) in [4.78, 5) is 22.2. The van der Waals surface area contributed by atoms with Crippen molar-refractivity contribution in [2.24, 2.45) is 0 Å². The van der Waals surface area contributed by atoms with Crippen LogP contribution >= 0.6 is 0 Å². The lowest BCUT2D eigenvalue weighted by Gasteiger charge is -2.33. The van der Waals surface area contributed by atoms with Crippen molar-refractivity contribution in [2.45, 2.75) is 64.1 Å². The first kappa shape index (κ1) is 16.7. The van der Waals surface area contributed by atoms with Gasteiger partial charge in [0.15, 0.2) is 0 Å². The van der Waals surface area contributed by atoms with E-state index in [0.29, 0.717) is 0 Å². The molecule has 3 atom stereocenters. The lowest BCUT2D eigenvalue weighted by molar-refractivity contribution is -0.148. The Labute approximate surface area is 131 Å². The van der Waals surface area contributed by atoms with E-state index in [4.69, 9.17) is 9.47 Å². The van der Waals surface area contributed by atoms with Gasteiger partial charge in [-0.1, -0.05) is 17.7 Å². The molecule has 2 aliphatic rings. The van der Waals surface area contributed by atoms with E-state index < -0.39 is 6.10 Å². The third-order valence-corrected chi connectivity index (χ3v) is 3.99. The number of allylic oxidation sites excluding steroid dienone is 1. The summed E-state index contributed by atoms with van der Waals surface area (Å²) in [5.41, 5.74) is 1.48. The van der Waals surface area contributed by atoms with Gasteiger partial charge in [0.25, 0.3) is 0 Å². The summed E-state index contributed by atoms with van der Waals surface area (Å²) in [6.45, 7) is 2.96. The van der Waals surface area contributed by atoms with Gasteiger partial charge in [0, 0.05) is 19.9 Å². The Kier molecular flexibility index (Phi) is 6.19. The number of carbonyl (C=O) groups is 2. The number of hydrogen-bond acceptors (Lipinski definition) is 5. The maximum absolute atomic E-state index is 11.2. The number of nitrogens with one attached hydrogen (secondary N) is 1. The zero-order valence-electron chi connectivity index (χ0n) is 13.3. The fraction of sp³-hybridized carbons (Fsp3) is 0.647. The van der Waals surface area contributed by atoms with Gasteiger partial charge in [0.2, 0.25) is 0 Å². The predicted molar refractivity (Wildman–Crippen MR) is 83.2 cm³/mol. The Morgan fingerprint density at radius 2 is 2.05 bits per heavy atom. The summed E-state index contributed by atoms with van der Waals surface area (Å²) in [5, 5.41) is 3.43. The summed E-state index contributed by atoms with van der Waals surface area (Å²) in [7, 11) is 0. The van der Waals surface area contributed by atoms with Crippen molar-refractivity contribution in [2.75, 3.05) is 6.61 Å². The third kappa shape index (κ3) is 5.30. The monoisotopic (exact) mass is 307 g/mol. The highest BCUT2D eigenvalue weighted by molar-refractivity contribution is 5.67. The minimum atomic E-state index is -0.395. The van der Waals surface area contributed by atoms with Gasteiger partial charge in [-0.05, 0) is 38.2 Å². The van der Waals surface area contributed by atoms with E-state index in [0.717, 1.165) is 12.8 Å². The minimum Gasteiger partial charge on any atom is -0.464 e. The molecule has 0 unspecified atom stereocenters. The molecule has 0 aromatic rings. The first-order valence-electron chi connectivity index (χ1n) is 7.97. The maximum Gasteiger partial charge on any atom is 0.303 e. The van der Waals surface area contributed by atoms with Gasteiger partial charge in [0.1, 0.15) is 12.7 Å². The van der Waals surface area contributed by atoms with E-state index in [1.807, 2.05) is 12.2 Å². The maximum atomic E-state index is 11.2. The molecule has 1 N–H and O–H groups in total. The van der Waals surface area contributed by atoms with Crippen molar-refractivity contribution in [1.29, 1.82) is 0 Å². The smallest absolute Gasteiger partial charge is 0.303 e. The highest BCUT2D eigenvalue weighted by atomic mass is 16.6. The van der Waals surface area contributed by atoms with E-state index >= 15 is 0 Å². The lowest BCUT2D eigenvalue weighted by atomic mass is 9.92. The van der Waals surface area contributed by atoms with Crippen molar-refractivity contribution in [3.8, 4) is 0 Å². The summed E-state index contributed by atoms with van der Waals surface area (Å²) >= 11 is 0. The van der Waals surface area contributed by atoms with Gasteiger partial charge < -0.3 is 14.8 Å². The quantitative estimate of drug-likeness (QED) is 0.623. The molecular formula is C17H25NO4. The molecule has 0 saturated carbocycles. The van der Waals surface area contributed by atoms with Crippen LogP contribution in [0.25, 0.3) is 0 Å². The number of esters is 2. The zero-order chi connectivity index (χ0) is 15.9. The molecule has 0 aromatic carbocycles. The summed E-state index contributed by atoms with van der Waals surface area (Å²) in [6.07, 6.45) is 11.7. The SMILES string of the molecule is CC(=O)OC[C@H]1N[C@H](CC2=CCCCC2)C=C[C@@H]1OC(C)=O. The molecule has 5 heteroatoms. The Balaban J connectivity index is 1.97. The Morgan fingerprint density at radius 1 is 1.23 bits per heavy atom. The number of hydrogen-bond donors (Lipinski definition) is 1. The van der Waals surface area contributed by atoms with Gasteiger partial charge in [-0.25, -0.2) is 0 Å². The van der Waals surface area contributed by atoms with Crippen molar-refractivity contribution in [3.63, 3.8) is 0 Å². The van der Waals surface area contributed by atoms with Gasteiger partial charge in [-0.2, -0.15) is 0 Å². The van der Waals surface area contributed by atoms with Crippen LogP contribution in [0.2, 0.25) is 0 Å². The summed E-state index contributed by atoms with van der Waals surface area (Å²) in [5.74, 6) is -0.665. The molecule has 1 aliphatic carbocycles. The van der Waals surface area contributed by atoms with E-state index in [1.54, 1.807) is 0 Å². The van der Waals surface area contributed by atoms with Crippen LogP contribution in [0.15, 0.2) is 23.8 Å². The Morgan fingerprint density at radius 3 is 2.68 bits per heavy atom. The normalized spacial score (nSPS) is 27.9. The molecule has 122 valence electrons. The van der Waals surface area contributed by atoms with E-state index in [9.17, 15) is 9.59 Å². The minimum absolute atomic E-state index is 0.191. The average Bonchev–Trinajstić information content (AvgIpc) is 2.48. The fourth-order valence-electron chi connectivity index (χ4n) is 2.97. The fourth-order valence-corrected chi connectivity index (χ4v) is 2.97. The van der Waals surface area contributed by atoms with Gasteiger partial charge in [-0.3, -0.25) is 9.59 Å². The van der Waals surface area contributed by atoms with Crippen LogP contribution in [0.3, 0.4) is 0 Å². The summed E-state index contributed by atoms with van der Waals surface area (Å²) < 4.78 is 10.4. The first-order valence-corrected chi connectivity index (χ1v) is 7.97. The molecule has 0 fully saturated rings. The first-order chi connectivity index (χ1) is 10.5. The number of rotatable bonds is 5. The Hall–Kier alpha value is -1.62. The second-order valence-electron chi connectivity index (χ2n) is 5.95. The van der Waals surface area contributed by atoms with Crippen LogP contribution in [-0.2, 0) is 19.1 Å². The Bertz CT molecular complexity index is 469.